The number of aromatic nitrogens is 2. The van der Waals surface area contributed by atoms with Crippen LogP contribution in [0.5, 0.6) is 11.8 Å². The average molecular weight is 626 g/mol. The fraction of sp³-hybridized carbons (Fsp3) is 0.444. The number of benzene rings is 3. The van der Waals surface area contributed by atoms with E-state index in [0.29, 0.717) is 64.9 Å². The summed E-state index contributed by atoms with van der Waals surface area (Å²) in [6, 6.07) is 8.35. The Morgan fingerprint density at radius 2 is 1.85 bits per heavy atom. The van der Waals surface area contributed by atoms with Crippen molar-refractivity contribution < 1.29 is 23.7 Å². The number of piperazine rings is 1. The van der Waals surface area contributed by atoms with Crippen molar-refractivity contribution in [3.05, 3.63) is 53.1 Å². The van der Waals surface area contributed by atoms with E-state index in [1.165, 1.54) is 24.3 Å². The summed E-state index contributed by atoms with van der Waals surface area (Å²) in [5.41, 5.74) is 0.495. The highest BCUT2D eigenvalue weighted by Gasteiger charge is 2.49. The number of phenolic OH excluding ortho intramolecular Hbond substituents is 1. The fourth-order valence-electron chi connectivity index (χ4n) is 7.93. The van der Waals surface area contributed by atoms with Crippen LogP contribution in [0.2, 0.25) is 0 Å². The molecule has 0 spiro atoms. The number of β-amino-alcohol motifs (C(OH)–C–C–N with tert-alkyl or cyclic N) is 1. The van der Waals surface area contributed by atoms with E-state index >= 15 is 4.39 Å². The molecule has 4 aromatic rings. The van der Waals surface area contributed by atoms with Crippen molar-refractivity contribution in [3.8, 4) is 35.2 Å². The van der Waals surface area contributed by atoms with Crippen LogP contribution >= 0.6 is 0 Å². The van der Waals surface area contributed by atoms with Gasteiger partial charge in [-0.3, -0.25) is 4.90 Å². The molecule has 2 bridgehead atoms. The zero-order chi connectivity index (χ0) is 32.0. The van der Waals surface area contributed by atoms with Gasteiger partial charge < -0.3 is 25.2 Å². The number of nitrogens with zero attached hydrogens (tertiary/aromatic N) is 4. The maximum Gasteiger partial charge on any atom is 0.319 e. The van der Waals surface area contributed by atoms with Crippen LogP contribution in [0.15, 0.2) is 30.3 Å². The molecule has 3 aromatic carbocycles. The zero-order valence-corrected chi connectivity index (χ0v) is 26.0. The van der Waals surface area contributed by atoms with Crippen LogP contribution in [0.4, 0.5) is 14.6 Å². The third-order valence-corrected chi connectivity index (χ3v) is 10.2. The predicted molar refractivity (Wildman–Crippen MR) is 173 cm³/mol. The van der Waals surface area contributed by atoms with Crippen molar-refractivity contribution in [1.29, 1.82) is 0 Å². The molecule has 4 fully saturated rings. The Balaban J connectivity index is 1.24. The Morgan fingerprint density at radius 3 is 2.52 bits per heavy atom. The molecule has 4 aliphatic rings. The minimum absolute atomic E-state index is 0.00790. The summed E-state index contributed by atoms with van der Waals surface area (Å²) in [7, 11) is 0. The number of hydrogen-bond acceptors (Lipinski definition) is 8. The number of aryl methyl sites for hydroxylation is 1. The third kappa shape index (κ3) is 5.02. The van der Waals surface area contributed by atoms with Crippen molar-refractivity contribution in [2.75, 3.05) is 44.2 Å². The number of nitrogens with one attached hydrogen (secondary N) is 1. The van der Waals surface area contributed by atoms with Gasteiger partial charge in [-0.25, -0.2) is 8.78 Å². The maximum absolute atomic E-state index is 17.1. The minimum atomic E-state index is -0.642. The molecule has 2 unspecified atom stereocenters. The summed E-state index contributed by atoms with van der Waals surface area (Å²) in [5, 5.41) is 25.9. The summed E-state index contributed by atoms with van der Waals surface area (Å²) >= 11 is 0. The summed E-state index contributed by atoms with van der Waals surface area (Å²) in [5.74, 6) is 1.77. The van der Waals surface area contributed by atoms with Crippen LogP contribution in [-0.4, -0.2) is 82.1 Å². The van der Waals surface area contributed by atoms with Gasteiger partial charge in [0.15, 0.2) is 5.82 Å². The molecular formula is C36H37F2N5O3. The number of halogens is 2. The van der Waals surface area contributed by atoms with Crippen LogP contribution in [0.3, 0.4) is 0 Å². The first-order chi connectivity index (χ1) is 22.0. The van der Waals surface area contributed by atoms with E-state index in [0.717, 1.165) is 45.3 Å². The molecule has 238 valence electrons. The monoisotopic (exact) mass is 625 g/mol. The highest BCUT2D eigenvalue weighted by molar-refractivity contribution is 6.05. The van der Waals surface area contributed by atoms with Crippen LogP contribution in [0, 0.1) is 36.3 Å². The highest BCUT2D eigenvalue weighted by Crippen LogP contribution is 2.48. The minimum Gasteiger partial charge on any atom is -0.508 e. The number of anilines is 1. The normalized spacial score (nSPS) is 23.0. The summed E-state index contributed by atoms with van der Waals surface area (Å²) in [6.45, 7) is 7.62. The molecule has 0 radical (unpaired) electrons. The topological polar surface area (TPSA) is 94.0 Å². The van der Waals surface area contributed by atoms with Gasteiger partial charge in [0.05, 0.1) is 17.8 Å². The number of likely N-dealkylation sites (tertiary alicyclic amines) is 1. The van der Waals surface area contributed by atoms with Gasteiger partial charge in [-0.1, -0.05) is 12.0 Å². The molecular weight excluding hydrogens is 588 g/mol. The standard InChI is InChI=1S/C36H37F2N5O3/c1-4-25-28(37)8-5-21-12-24(44)13-26(30(21)25)29-20(2)11-27-32(31(29)38)40-34(41-33(27)43-14-22-6-7-23(15-43)39-22)46-19-36(9-10-36)18-42-16-35(3,45)17-42/h1,5,8,11-13,22-23,39,44-45H,6-7,9-10,14-19H2,2-3H3. The Bertz CT molecular complexity index is 1930. The molecule has 0 amide bonds. The van der Waals surface area contributed by atoms with Gasteiger partial charge in [0.2, 0.25) is 0 Å². The lowest BCUT2D eigenvalue weighted by Gasteiger charge is -2.45. The van der Waals surface area contributed by atoms with Gasteiger partial charge >= 0.3 is 6.01 Å². The molecule has 4 heterocycles. The molecule has 1 saturated carbocycles. The number of ether oxygens (including phenoxy) is 1. The third-order valence-electron chi connectivity index (χ3n) is 10.2. The second-order valence-electron chi connectivity index (χ2n) is 14.2. The molecule has 8 rings (SSSR count). The van der Waals surface area contributed by atoms with Crippen molar-refractivity contribution in [3.63, 3.8) is 0 Å². The lowest BCUT2D eigenvalue weighted by Crippen LogP contribution is -2.61. The van der Waals surface area contributed by atoms with E-state index in [2.05, 4.69) is 26.0 Å². The second kappa shape index (κ2) is 10.5. The van der Waals surface area contributed by atoms with Crippen LogP contribution in [-0.2, 0) is 0 Å². The molecule has 3 aliphatic heterocycles. The molecule has 3 saturated heterocycles. The molecule has 8 nitrogen and oxygen atoms in total. The first-order valence-electron chi connectivity index (χ1n) is 16.0. The number of aromatic hydroxyl groups is 1. The smallest absolute Gasteiger partial charge is 0.319 e. The van der Waals surface area contributed by atoms with E-state index < -0.39 is 17.2 Å². The Hall–Kier alpha value is -4.04. The van der Waals surface area contributed by atoms with Gasteiger partial charge in [-0.05, 0) is 80.3 Å². The number of phenols is 1. The van der Waals surface area contributed by atoms with E-state index in [1.54, 1.807) is 6.92 Å². The van der Waals surface area contributed by atoms with E-state index in [4.69, 9.17) is 16.1 Å². The SMILES string of the molecule is C#Cc1c(F)ccc2cc(O)cc(-c3c(C)cc4c(N5CC6CCC(C5)N6)nc(OCC5(CN6CC(C)(O)C6)CC5)nc4c3F)c12. The number of rotatable bonds is 7. The van der Waals surface area contributed by atoms with E-state index in [-0.39, 0.29) is 33.8 Å². The number of aliphatic hydroxyl groups is 1. The van der Waals surface area contributed by atoms with Crippen LogP contribution in [0.1, 0.15) is 43.7 Å². The number of hydrogen-bond donors (Lipinski definition) is 3. The van der Waals surface area contributed by atoms with Crippen molar-refractivity contribution >= 4 is 27.5 Å². The van der Waals surface area contributed by atoms with E-state index in [1.807, 2.05) is 13.0 Å². The molecule has 1 aromatic heterocycles. The molecule has 1 aliphatic carbocycles. The zero-order valence-electron chi connectivity index (χ0n) is 26.0. The van der Waals surface area contributed by atoms with Crippen LogP contribution in [0.25, 0.3) is 32.8 Å². The number of terminal acetylenes is 1. The lowest BCUT2D eigenvalue weighted by molar-refractivity contribution is -0.0921. The Morgan fingerprint density at radius 1 is 1.11 bits per heavy atom. The van der Waals surface area contributed by atoms with Gasteiger partial charge in [0.25, 0.3) is 0 Å². The molecule has 10 heteroatoms. The van der Waals surface area contributed by atoms with Gasteiger partial charge in [0.1, 0.15) is 22.9 Å². The maximum atomic E-state index is 17.1. The van der Waals surface area contributed by atoms with Gasteiger partial charge in [-0.2, -0.15) is 9.97 Å². The Kier molecular flexibility index (Phi) is 6.70. The lowest BCUT2D eigenvalue weighted by atomic mass is 9.90. The number of fused-ring (bicyclic) bond motifs is 4. The second-order valence-corrected chi connectivity index (χ2v) is 14.2. The molecule has 2 atom stereocenters. The quantitative estimate of drug-likeness (QED) is 0.250. The highest BCUT2D eigenvalue weighted by atomic mass is 19.1. The van der Waals surface area contributed by atoms with Crippen molar-refractivity contribution in [1.82, 2.24) is 20.2 Å². The van der Waals surface area contributed by atoms with Gasteiger partial charge in [-0.15, -0.1) is 6.42 Å². The van der Waals surface area contributed by atoms with Gasteiger partial charge in [0, 0.05) is 66.6 Å². The summed E-state index contributed by atoms with van der Waals surface area (Å²) < 4.78 is 38.3. The van der Waals surface area contributed by atoms with Crippen LogP contribution < -0.4 is 15.0 Å². The summed E-state index contributed by atoms with van der Waals surface area (Å²) in [6.07, 6.45) is 9.90. The first-order valence-corrected chi connectivity index (χ1v) is 16.0. The molecule has 46 heavy (non-hydrogen) atoms. The van der Waals surface area contributed by atoms with Crippen molar-refractivity contribution in [2.24, 2.45) is 5.41 Å². The fourth-order valence-corrected chi connectivity index (χ4v) is 7.93. The predicted octanol–water partition coefficient (Wildman–Crippen LogP) is 4.89. The Labute approximate surface area is 266 Å². The first kappa shape index (κ1) is 29.4. The van der Waals surface area contributed by atoms with Crippen molar-refractivity contribution in [2.45, 2.75) is 57.2 Å². The average Bonchev–Trinajstić information content (AvgIpc) is 3.68. The molecule has 3 N–H and O–H groups in total. The van der Waals surface area contributed by atoms with E-state index in [9.17, 15) is 14.6 Å². The summed E-state index contributed by atoms with van der Waals surface area (Å²) in [4.78, 5) is 14.0. The largest absolute Gasteiger partial charge is 0.508 e.